The minimum atomic E-state index is -1.07. The van der Waals surface area contributed by atoms with E-state index < -0.39 is 5.60 Å². The Labute approximate surface area is 107 Å². The Morgan fingerprint density at radius 3 is 2.56 bits per heavy atom. The van der Waals surface area contributed by atoms with Gasteiger partial charge in [0.05, 0.1) is 12.8 Å². The summed E-state index contributed by atoms with van der Waals surface area (Å²) in [6.07, 6.45) is 3.31. The molecule has 0 aliphatic rings. The molecule has 3 heteroatoms. The molecule has 1 N–H and O–H groups in total. The lowest BCUT2D eigenvalue weighted by Gasteiger charge is -2.24. The van der Waals surface area contributed by atoms with E-state index in [0.717, 1.165) is 11.1 Å². The van der Waals surface area contributed by atoms with E-state index in [4.69, 9.17) is 4.74 Å². The molecule has 1 aromatic carbocycles. The minimum Gasteiger partial charge on any atom is -0.492 e. The summed E-state index contributed by atoms with van der Waals surface area (Å²) in [6, 6.07) is 11.4. The topological polar surface area (TPSA) is 42.4 Å². The molecule has 0 aliphatic carbocycles. The summed E-state index contributed by atoms with van der Waals surface area (Å²) < 4.78 is 5.40. The number of benzene rings is 1. The van der Waals surface area contributed by atoms with Gasteiger partial charge in [-0.15, -0.1) is 0 Å². The lowest BCUT2D eigenvalue weighted by atomic mass is 9.89. The van der Waals surface area contributed by atoms with E-state index in [1.807, 2.05) is 43.3 Å². The molecule has 2 rings (SSSR count). The summed E-state index contributed by atoms with van der Waals surface area (Å²) in [5.74, 6) is 0.672. The van der Waals surface area contributed by atoms with Crippen LogP contribution in [0.25, 0.3) is 0 Å². The average molecular weight is 243 g/mol. The highest BCUT2D eigenvalue weighted by Gasteiger charge is 2.26. The standard InChI is InChI=1S/C15H17NO2/c1-3-18-14-9-13(10-16-11-14)15(2,17)12-7-5-4-6-8-12/h4-11,17H,3H2,1-2H3. The highest BCUT2D eigenvalue weighted by atomic mass is 16.5. The first-order valence-electron chi connectivity index (χ1n) is 6.01. The van der Waals surface area contributed by atoms with E-state index in [1.165, 1.54) is 0 Å². The number of ether oxygens (including phenoxy) is 1. The number of hydrogen-bond acceptors (Lipinski definition) is 3. The van der Waals surface area contributed by atoms with Crippen LogP contribution in [0.5, 0.6) is 5.75 Å². The number of pyridine rings is 1. The third-order valence-corrected chi connectivity index (χ3v) is 2.92. The monoisotopic (exact) mass is 243 g/mol. The van der Waals surface area contributed by atoms with Crippen LogP contribution in [0.1, 0.15) is 25.0 Å². The van der Waals surface area contributed by atoms with Gasteiger partial charge in [-0.3, -0.25) is 4.98 Å². The average Bonchev–Trinajstić information content (AvgIpc) is 2.40. The fraction of sp³-hybridized carbons (Fsp3) is 0.267. The smallest absolute Gasteiger partial charge is 0.137 e. The predicted molar refractivity (Wildman–Crippen MR) is 70.5 cm³/mol. The van der Waals surface area contributed by atoms with Crippen molar-refractivity contribution in [2.75, 3.05) is 6.61 Å². The molecule has 0 saturated heterocycles. The van der Waals surface area contributed by atoms with Crippen molar-refractivity contribution in [3.63, 3.8) is 0 Å². The normalized spacial score (nSPS) is 13.9. The first-order chi connectivity index (χ1) is 8.64. The molecule has 0 spiro atoms. The lowest BCUT2D eigenvalue weighted by molar-refractivity contribution is 0.101. The number of rotatable bonds is 4. The molecule has 2 aromatic rings. The van der Waals surface area contributed by atoms with Crippen LogP contribution in [-0.2, 0) is 5.60 Å². The fourth-order valence-corrected chi connectivity index (χ4v) is 1.86. The van der Waals surface area contributed by atoms with E-state index in [2.05, 4.69) is 4.98 Å². The second-order valence-electron chi connectivity index (χ2n) is 4.28. The van der Waals surface area contributed by atoms with E-state index in [9.17, 15) is 5.11 Å². The number of hydrogen-bond donors (Lipinski definition) is 1. The van der Waals surface area contributed by atoms with Crippen molar-refractivity contribution in [2.24, 2.45) is 0 Å². The van der Waals surface area contributed by atoms with Gasteiger partial charge in [0.25, 0.3) is 0 Å². The summed E-state index contributed by atoms with van der Waals surface area (Å²) in [6.45, 7) is 4.26. The molecule has 3 nitrogen and oxygen atoms in total. The lowest BCUT2D eigenvalue weighted by Crippen LogP contribution is -2.22. The van der Waals surface area contributed by atoms with E-state index in [0.29, 0.717) is 12.4 Å². The molecular weight excluding hydrogens is 226 g/mol. The van der Waals surface area contributed by atoms with Gasteiger partial charge in [-0.05, 0) is 25.5 Å². The van der Waals surface area contributed by atoms with Gasteiger partial charge < -0.3 is 9.84 Å². The highest BCUT2D eigenvalue weighted by Crippen LogP contribution is 2.30. The van der Waals surface area contributed by atoms with Crippen LogP contribution < -0.4 is 4.74 Å². The molecule has 0 saturated carbocycles. The molecule has 1 atom stereocenters. The van der Waals surface area contributed by atoms with Gasteiger partial charge in [0.15, 0.2) is 0 Å². The van der Waals surface area contributed by atoms with E-state index >= 15 is 0 Å². The van der Waals surface area contributed by atoms with Crippen LogP contribution >= 0.6 is 0 Å². The van der Waals surface area contributed by atoms with Gasteiger partial charge in [0.1, 0.15) is 11.4 Å². The van der Waals surface area contributed by atoms with Crippen molar-refractivity contribution < 1.29 is 9.84 Å². The summed E-state index contributed by atoms with van der Waals surface area (Å²) in [5, 5.41) is 10.7. The van der Waals surface area contributed by atoms with Crippen molar-refractivity contribution in [1.29, 1.82) is 0 Å². The summed E-state index contributed by atoms with van der Waals surface area (Å²) >= 11 is 0. The zero-order chi connectivity index (χ0) is 13.0. The van der Waals surface area contributed by atoms with Crippen molar-refractivity contribution in [3.8, 4) is 5.75 Å². The third-order valence-electron chi connectivity index (χ3n) is 2.92. The molecule has 1 heterocycles. The summed E-state index contributed by atoms with van der Waals surface area (Å²) in [4.78, 5) is 4.11. The molecule has 0 bridgehead atoms. The van der Waals surface area contributed by atoms with Crippen molar-refractivity contribution >= 4 is 0 Å². The fourth-order valence-electron chi connectivity index (χ4n) is 1.86. The molecule has 1 aromatic heterocycles. The molecular formula is C15H17NO2. The van der Waals surface area contributed by atoms with Gasteiger partial charge in [0.2, 0.25) is 0 Å². The van der Waals surface area contributed by atoms with Gasteiger partial charge >= 0.3 is 0 Å². The highest BCUT2D eigenvalue weighted by molar-refractivity contribution is 5.36. The maximum Gasteiger partial charge on any atom is 0.137 e. The van der Waals surface area contributed by atoms with Crippen molar-refractivity contribution in [1.82, 2.24) is 4.98 Å². The number of aliphatic hydroxyl groups is 1. The second kappa shape index (κ2) is 5.19. The molecule has 0 fully saturated rings. The third kappa shape index (κ3) is 2.51. The minimum absolute atomic E-state index is 0.582. The molecule has 0 radical (unpaired) electrons. The number of nitrogens with zero attached hydrogens (tertiary/aromatic N) is 1. The Morgan fingerprint density at radius 2 is 1.89 bits per heavy atom. The Balaban J connectivity index is 2.38. The molecule has 18 heavy (non-hydrogen) atoms. The molecule has 94 valence electrons. The van der Waals surface area contributed by atoms with Crippen LogP contribution in [0, 0.1) is 0 Å². The van der Waals surface area contributed by atoms with Gasteiger partial charge in [-0.25, -0.2) is 0 Å². The second-order valence-corrected chi connectivity index (χ2v) is 4.28. The maximum atomic E-state index is 10.7. The van der Waals surface area contributed by atoms with Crippen molar-refractivity contribution in [2.45, 2.75) is 19.4 Å². The summed E-state index contributed by atoms with van der Waals surface area (Å²) in [7, 11) is 0. The van der Waals surface area contributed by atoms with Gasteiger partial charge in [-0.2, -0.15) is 0 Å². The van der Waals surface area contributed by atoms with Crippen molar-refractivity contribution in [3.05, 3.63) is 59.9 Å². The van der Waals surface area contributed by atoms with E-state index in [-0.39, 0.29) is 0 Å². The molecule has 0 amide bonds. The van der Waals surface area contributed by atoms with Gasteiger partial charge in [0, 0.05) is 11.8 Å². The first kappa shape index (κ1) is 12.6. The number of aromatic nitrogens is 1. The summed E-state index contributed by atoms with van der Waals surface area (Å²) in [5.41, 5.74) is 0.488. The molecule has 1 unspecified atom stereocenters. The van der Waals surface area contributed by atoms with Crippen LogP contribution in [0.4, 0.5) is 0 Å². The van der Waals surface area contributed by atoms with Crippen LogP contribution in [0.15, 0.2) is 48.8 Å². The first-order valence-corrected chi connectivity index (χ1v) is 6.01. The Kier molecular flexibility index (Phi) is 3.63. The van der Waals surface area contributed by atoms with Crippen LogP contribution in [-0.4, -0.2) is 16.7 Å². The van der Waals surface area contributed by atoms with Crippen LogP contribution in [0.3, 0.4) is 0 Å². The van der Waals surface area contributed by atoms with Crippen LogP contribution in [0.2, 0.25) is 0 Å². The largest absolute Gasteiger partial charge is 0.492 e. The zero-order valence-corrected chi connectivity index (χ0v) is 10.6. The zero-order valence-electron chi connectivity index (χ0n) is 10.6. The maximum absolute atomic E-state index is 10.7. The quantitative estimate of drug-likeness (QED) is 0.897. The Bertz CT molecular complexity index is 509. The Morgan fingerprint density at radius 1 is 1.17 bits per heavy atom. The molecule has 0 aliphatic heterocycles. The van der Waals surface area contributed by atoms with Gasteiger partial charge in [-0.1, -0.05) is 30.3 Å². The predicted octanol–water partition coefficient (Wildman–Crippen LogP) is 2.74. The van der Waals surface area contributed by atoms with E-state index in [1.54, 1.807) is 19.3 Å². The Hall–Kier alpha value is -1.87. The SMILES string of the molecule is CCOc1cncc(C(C)(O)c2ccccc2)c1.